The molecule has 3 aromatic heterocycles. The number of methoxy groups -OCH3 is 1. The summed E-state index contributed by atoms with van der Waals surface area (Å²) >= 11 is 3.58. The number of nitrogens with zero attached hydrogens (tertiary/aromatic N) is 8. The van der Waals surface area contributed by atoms with Crippen LogP contribution in [0.4, 0.5) is 28.8 Å². The molecule has 3 aliphatic heterocycles. The van der Waals surface area contributed by atoms with Gasteiger partial charge in [0.25, 0.3) is 5.56 Å². The molecule has 3 fully saturated rings. The number of fused-ring (bicyclic) bond motifs is 2. The summed E-state index contributed by atoms with van der Waals surface area (Å²) in [4.78, 5) is 66.7. The van der Waals surface area contributed by atoms with Gasteiger partial charge in [0.2, 0.25) is 17.8 Å². The summed E-state index contributed by atoms with van der Waals surface area (Å²) in [5.41, 5.74) is 5.46. The highest BCUT2D eigenvalue weighted by molar-refractivity contribution is 9.10. The number of carbonyl (C=O) groups is 2. The SMILES string of the molecule is CCc1cc(Nc2ncc(Br)c(Nc3ccc4c(=O)n(C)ncc4c3P(C)(C)=O)n2)c(OC)cc1N1CCC(N2CCN(CCc3ccc4c(c3)oc(=O)n4C3CCC(=O)NC3=O)CC2)CC1. The van der Waals surface area contributed by atoms with Crippen LogP contribution in [0.1, 0.15) is 49.8 Å². The lowest BCUT2D eigenvalue weighted by Crippen LogP contribution is -2.53. The van der Waals surface area contributed by atoms with Gasteiger partial charge in [-0.1, -0.05) is 13.0 Å². The summed E-state index contributed by atoms with van der Waals surface area (Å²) in [7, 11) is 0.353. The number of hydrogen-bond donors (Lipinski definition) is 3. The Morgan fingerprint density at radius 3 is 2.42 bits per heavy atom. The molecule has 9 rings (SSSR count). The maximum absolute atomic E-state index is 13.7. The van der Waals surface area contributed by atoms with Gasteiger partial charge in [-0.15, -0.1) is 0 Å². The van der Waals surface area contributed by atoms with E-state index in [1.807, 2.05) is 18.2 Å². The second-order valence-electron chi connectivity index (χ2n) is 17.9. The second kappa shape index (κ2) is 19.0. The van der Waals surface area contributed by atoms with Crippen molar-refractivity contribution in [2.45, 2.75) is 57.5 Å². The van der Waals surface area contributed by atoms with Gasteiger partial charge >= 0.3 is 5.76 Å². The Bertz CT molecular complexity index is 3060. The average molecular weight is 997 g/mol. The average Bonchev–Trinajstić information content (AvgIpc) is 3.64. The van der Waals surface area contributed by atoms with E-state index in [0.717, 1.165) is 88.4 Å². The van der Waals surface area contributed by atoms with E-state index >= 15 is 0 Å². The fourth-order valence-electron chi connectivity index (χ4n) is 9.77. The van der Waals surface area contributed by atoms with E-state index in [4.69, 9.17) is 14.1 Å². The van der Waals surface area contributed by atoms with Crippen LogP contribution < -0.4 is 42.2 Å². The fraction of sp³-hybridized carbons (Fsp3) is 0.426. The quantitative estimate of drug-likeness (QED) is 0.0966. The molecule has 352 valence electrons. The van der Waals surface area contributed by atoms with Gasteiger partial charge in [-0.3, -0.25) is 29.2 Å². The lowest BCUT2D eigenvalue weighted by Gasteiger charge is -2.43. The van der Waals surface area contributed by atoms with Crippen molar-refractivity contribution < 1.29 is 23.3 Å². The molecule has 67 heavy (non-hydrogen) atoms. The van der Waals surface area contributed by atoms with E-state index in [0.29, 0.717) is 60.9 Å². The van der Waals surface area contributed by atoms with Crippen molar-refractivity contribution >= 4 is 90.9 Å². The zero-order valence-corrected chi connectivity index (χ0v) is 40.8. The monoisotopic (exact) mass is 995 g/mol. The lowest BCUT2D eigenvalue weighted by molar-refractivity contribution is -0.135. The number of anilines is 5. The molecule has 3 saturated heterocycles. The van der Waals surface area contributed by atoms with Crippen LogP contribution in [0.25, 0.3) is 21.9 Å². The highest BCUT2D eigenvalue weighted by Gasteiger charge is 2.32. The minimum absolute atomic E-state index is 0.185. The smallest absolute Gasteiger partial charge is 0.420 e. The van der Waals surface area contributed by atoms with E-state index in [1.165, 1.54) is 14.8 Å². The van der Waals surface area contributed by atoms with E-state index in [1.54, 1.807) is 52.0 Å². The predicted molar refractivity (Wildman–Crippen MR) is 264 cm³/mol. The Morgan fingerprint density at radius 1 is 0.925 bits per heavy atom. The summed E-state index contributed by atoms with van der Waals surface area (Å²) in [6.07, 6.45) is 7.45. The first-order valence-corrected chi connectivity index (χ1v) is 26.1. The summed E-state index contributed by atoms with van der Waals surface area (Å²) in [6, 6.07) is 13.2. The maximum Gasteiger partial charge on any atom is 0.420 e. The summed E-state index contributed by atoms with van der Waals surface area (Å²) in [6.45, 7) is 12.3. The van der Waals surface area contributed by atoms with Crippen molar-refractivity contribution in [2.75, 3.05) is 81.8 Å². The van der Waals surface area contributed by atoms with Crippen LogP contribution in [0, 0.1) is 0 Å². The van der Waals surface area contributed by atoms with E-state index in [-0.39, 0.29) is 24.3 Å². The number of carbonyl (C=O) groups excluding carboxylic acids is 2. The number of benzene rings is 3. The van der Waals surface area contributed by atoms with Crippen molar-refractivity contribution in [1.29, 1.82) is 0 Å². The fourth-order valence-corrected chi connectivity index (χ4v) is 11.5. The number of halogens is 1. The third-order valence-corrected chi connectivity index (χ3v) is 15.4. The van der Waals surface area contributed by atoms with Crippen molar-refractivity contribution in [1.82, 2.24) is 39.4 Å². The van der Waals surface area contributed by atoms with Crippen molar-refractivity contribution in [3.8, 4) is 5.75 Å². The van der Waals surface area contributed by atoms with E-state index in [2.05, 4.69) is 75.7 Å². The van der Waals surface area contributed by atoms with Gasteiger partial charge in [0.1, 0.15) is 24.8 Å². The molecule has 0 spiro atoms. The summed E-state index contributed by atoms with van der Waals surface area (Å²) in [5.74, 6) is 0.0717. The Morgan fingerprint density at radius 2 is 1.70 bits per heavy atom. The van der Waals surface area contributed by atoms with Crippen LogP contribution >= 0.6 is 23.1 Å². The highest BCUT2D eigenvalue weighted by Crippen LogP contribution is 2.42. The number of amides is 2. The van der Waals surface area contributed by atoms with Crippen LogP contribution in [0.3, 0.4) is 0 Å². The number of imide groups is 1. The van der Waals surface area contributed by atoms with Crippen LogP contribution in [-0.4, -0.2) is 118 Å². The third-order valence-electron chi connectivity index (χ3n) is 13.3. The molecule has 0 aliphatic carbocycles. The van der Waals surface area contributed by atoms with Gasteiger partial charge in [-0.05, 0) is 103 Å². The number of aryl methyl sites for hydroxylation is 2. The Hall–Kier alpha value is -5.88. The van der Waals surface area contributed by atoms with Gasteiger partial charge in [0.05, 0.1) is 40.1 Å². The van der Waals surface area contributed by atoms with Gasteiger partial charge in [-0.2, -0.15) is 10.1 Å². The molecule has 1 unspecified atom stereocenters. The molecule has 2 amide bonds. The molecule has 20 heteroatoms. The van der Waals surface area contributed by atoms with Gasteiger partial charge < -0.3 is 34.2 Å². The normalized spacial score (nSPS) is 17.9. The summed E-state index contributed by atoms with van der Waals surface area (Å²) in [5, 5.41) is 14.8. The number of nitrogens with one attached hydrogen (secondary N) is 3. The number of piperidine rings is 2. The predicted octanol–water partition coefficient (Wildman–Crippen LogP) is 5.51. The largest absolute Gasteiger partial charge is 0.494 e. The molecule has 3 aromatic carbocycles. The van der Waals surface area contributed by atoms with Gasteiger partial charge in [-0.25, -0.2) is 14.5 Å². The van der Waals surface area contributed by atoms with Crippen LogP contribution in [0.5, 0.6) is 5.75 Å². The first-order valence-electron chi connectivity index (χ1n) is 22.7. The maximum atomic E-state index is 13.7. The topological polar surface area (TPSA) is 202 Å². The van der Waals surface area contributed by atoms with E-state index < -0.39 is 24.8 Å². The molecular weight excluding hydrogens is 941 g/mol. The number of piperazine rings is 1. The first kappa shape index (κ1) is 46.2. The van der Waals surface area contributed by atoms with Crippen LogP contribution in [0.15, 0.2) is 73.3 Å². The lowest BCUT2D eigenvalue weighted by atomic mass is 9.99. The standard InChI is InChI=1S/C47H55BrN11O7P/c1-6-29-24-35(52-46-49-27-33(48)43(54-46)51-34-9-8-31-32(42(34)67(4,5)64)26-50-55(2)45(31)62)39(65-3)25-38(29)58-17-14-30(15-18-58)57-21-19-56(20-22-57)16-13-28-7-10-36-40(23-28)66-47(63)59(36)37-11-12-41(60)53-44(37)61/h7-10,23-27,30,37H,6,11-22H2,1-5H3,(H,53,60,61)(H2,49,51,52,54). The zero-order valence-electron chi connectivity index (χ0n) is 38.3. The van der Waals surface area contributed by atoms with Crippen LogP contribution in [-0.2, 0) is 34.0 Å². The minimum Gasteiger partial charge on any atom is -0.494 e. The molecule has 3 aliphatic rings. The molecule has 6 aromatic rings. The number of hydrogen-bond acceptors (Lipinski definition) is 15. The minimum atomic E-state index is -2.90. The number of rotatable bonds is 13. The van der Waals surface area contributed by atoms with Crippen LogP contribution in [0.2, 0.25) is 0 Å². The Kier molecular flexibility index (Phi) is 13.1. The first-order chi connectivity index (χ1) is 32.2. The molecule has 6 heterocycles. The molecule has 0 radical (unpaired) electrons. The Labute approximate surface area is 395 Å². The Balaban J connectivity index is 0.807. The molecule has 0 bridgehead atoms. The summed E-state index contributed by atoms with van der Waals surface area (Å²) < 4.78 is 28.4. The van der Waals surface area contributed by atoms with Crippen molar-refractivity contribution in [3.05, 3.63) is 91.4 Å². The molecule has 3 N–H and O–H groups in total. The van der Waals surface area contributed by atoms with Gasteiger partial charge in [0.15, 0.2) is 5.58 Å². The van der Waals surface area contributed by atoms with E-state index in [9.17, 15) is 23.7 Å². The highest BCUT2D eigenvalue weighted by atomic mass is 79.9. The van der Waals surface area contributed by atoms with Crippen molar-refractivity contribution in [3.63, 3.8) is 0 Å². The van der Waals surface area contributed by atoms with Crippen molar-refractivity contribution in [2.24, 2.45) is 7.05 Å². The molecule has 0 saturated carbocycles. The van der Waals surface area contributed by atoms with Gasteiger partial charge in [0, 0.05) is 94.0 Å². The second-order valence-corrected chi connectivity index (χ2v) is 21.9. The molecule has 1 atom stereocenters. The zero-order chi connectivity index (χ0) is 47.1. The third kappa shape index (κ3) is 9.51. The molecule has 18 nitrogen and oxygen atoms in total. The number of ether oxygens (including phenoxy) is 1. The number of oxazole rings is 1. The molecular formula is C47H55BrN11O7P. The number of aromatic nitrogens is 5.